The highest BCUT2D eigenvalue weighted by molar-refractivity contribution is 6.83. The fourth-order valence-electron chi connectivity index (χ4n) is 5.87. The van der Waals surface area contributed by atoms with E-state index in [-0.39, 0.29) is 10.8 Å². The number of hydrogen-bond donors (Lipinski definition) is 0. The monoisotopic (exact) mass is 386 g/mol. The summed E-state index contributed by atoms with van der Waals surface area (Å²) < 4.78 is 14.5. The second kappa shape index (κ2) is 5.95. The van der Waals surface area contributed by atoms with Crippen LogP contribution in [0.25, 0.3) is 0 Å². The molecular formula is C22H34N2O2Si. The molecule has 1 aromatic heterocycles. The Morgan fingerprint density at radius 3 is 2.41 bits per heavy atom. The van der Waals surface area contributed by atoms with Crippen LogP contribution < -0.4 is 0 Å². The van der Waals surface area contributed by atoms with Gasteiger partial charge in [0.25, 0.3) is 0 Å². The molecule has 2 fully saturated rings. The van der Waals surface area contributed by atoms with Gasteiger partial charge in [0.15, 0.2) is 5.79 Å². The lowest BCUT2D eigenvalue weighted by Gasteiger charge is -2.59. The Bertz CT molecular complexity index is 818. The fourth-order valence-corrected chi connectivity index (χ4v) is 6.37. The van der Waals surface area contributed by atoms with E-state index in [1.165, 1.54) is 11.3 Å². The summed E-state index contributed by atoms with van der Waals surface area (Å²) in [7, 11) is 0.644. The average Bonchev–Trinajstić information content (AvgIpc) is 3.16. The first-order valence-corrected chi connectivity index (χ1v) is 13.9. The summed E-state index contributed by atoms with van der Waals surface area (Å²) in [6.07, 6.45) is 4.21. The zero-order valence-corrected chi connectivity index (χ0v) is 19.0. The highest BCUT2D eigenvalue weighted by Gasteiger charge is 2.64. The Labute approximate surface area is 165 Å². The smallest absolute Gasteiger partial charge is 0.173 e. The van der Waals surface area contributed by atoms with Crippen LogP contribution in [0.15, 0.2) is 0 Å². The molecule has 1 spiro atoms. The molecule has 1 saturated carbocycles. The number of rotatable bonds is 0. The van der Waals surface area contributed by atoms with E-state index in [4.69, 9.17) is 14.6 Å². The Morgan fingerprint density at radius 1 is 1.11 bits per heavy atom. The van der Waals surface area contributed by atoms with Crippen LogP contribution in [0.2, 0.25) is 19.6 Å². The van der Waals surface area contributed by atoms with Gasteiger partial charge in [-0.1, -0.05) is 46.3 Å². The van der Waals surface area contributed by atoms with Gasteiger partial charge in [0.1, 0.15) is 13.8 Å². The van der Waals surface area contributed by atoms with Crippen LogP contribution >= 0.6 is 0 Å². The van der Waals surface area contributed by atoms with E-state index in [2.05, 4.69) is 58.9 Å². The fraction of sp³-hybridized carbons (Fsp3) is 0.773. The quantitative estimate of drug-likeness (QED) is 0.499. The van der Waals surface area contributed by atoms with E-state index in [1.54, 1.807) is 0 Å². The second-order valence-electron chi connectivity index (χ2n) is 10.5. The third-order valence-electron chi connectivity index (χ3n) is 7.27. The van der Waals surface area contributed by atoms with Gasteiger partial charge < -0.3 is 9.47 Å². The topological polar surface area (TPSA) is 36.3 Å². The van der Waals surface area contributed by atoms with Crippen molar-refractivity contribution in [3.8, 4) is 11.5 Å². The summed E-state index contributed by atoms with van der Waals surface area (Å²) in [5, 5.41) is 5.04. The molecule has 0 bridgehead atoms. The van der Waals surface area contributed by atoms with Crippen LogP contribution in [-0.2, 0) is 28.4 Å². The highest BCUT2D eigenvalue weighted by Crippen LogP contribution is 2.62. The van der Waals surface area contributed by atoms with Crippen LogP contribution in [-0.4, -0.2) is 36.9 Å². The van der Waals surface area contributed by atoms with Crippen LogP contribution in [0, 0.1) is 22.8 Å². The molecule has 0 N–H and O–H groups in total. The predicted octanol–water partition coefficient (Wildman–Crippen LogP) is 4.03. The lowest BCUT2D eigenvalue weighted by Crippen LogP contribution is -2.61. The first-order valence-electron chi connectivity index (χ1n) is 10.4. The first kappa shape index (κ1) is 19.2. The van der Waals surface area contributed by atoms with Crippen molar-refractivity contribution in [2.45, 2.75) is 77.3 Å². The molecule has 0 amide bonds. The Morgan fingerprint density at radius 2 is 1.78 bits per heavy atom. The van der Waals surface area contributed by atoms with Gasteiger partial charge in [0.05, 0.1) is 18.9 Å². The van der Waals surface area contributed by atoms with Crippen molar-refractivity contribution in [1.29, 1.82) is 0 Å². The molecule has 2 atom stereocenters. The maximum absolute atomic E-state index is 6.22. The number of fused-ring (bicyclic) bond motifs is 3. The Kier molecular flexibility index (Phi) is 4.24. The summed E-state index contributed by atoms with van der Waals surface area (Å²) in [4.78, 5) is 0. The molecule has 3 aliphatic rings. The van der Waals surface area contributed by atoms with Crippen LogP contribution in [0.3, 0.4) is 0 Å². The van der Waals surface area contributed by atoms with Crippen LogP contribution in [0.5, 0.6) is 0 Å². The van der Waals surface area contributed by atoms with Gasteiger partial charge in [-0.25, -0.2) is 0 Å². The van der Waals surface area contributed by atoms with E-state index in [9.17, 15) is 0 Å². The van der Waals surface area contributed by atoms with Crippen LogP contribution in [0.4, 0.5) is 0 Å². The number of aryl methyl sites for hydroxylation is 1. The molecule has 0 aromatic carbocycles. The molecule has 148 valence electrons. The molecule has 2 heterocycles. The highest BCUT2D eigenvalue weighted by atomic mass is 28.3. The molecule has 0 radical (unpaired) electrons. The minimum absolute atomic E-state index is 0.0319. The zero-order chi connectivity index (χ0) is 19.7. The minimum Gasteiger partial charge on any atom is -0.347 e. The summed E-state index contributed by atoms with van der Waals surface area (Å²) in [6.45, 7) is 15.4. The molecule has 2 aliphatic carbocycles. The zero-order valence-electron chi connectivity index (χ0n) is 18.0. The summed E-state index contributed by atoms with van der Waals surface area (Å²) >= 11 is 0. The van der Waals surface area contributed by atoms with E-state index in [0.29, 0.717) is 5.92 Å². The lowest BCUT2D eigenvalue weighted by atomic mass is 9.49. The normalized spacial score (nSPS) is 31.1. The SMILES string of the molecule is Cn1nc2c(c1C#C[Si](C)(C)C)CC[C@H]1C(C)(C)C3(CC[C@]21C)OCCO3. The van der Waals surface area contributed by atoms with Crippen molar-refractivity contribution >= 4 is 8.07 Å². The second-order valence-corrected chi connectivity index (χ2v) is 15.2. The summed E-state index contributed by atoms with van der Waals surface area (Å²) in [5.41, 5.74) is 7.38. The van der Waals surface area contributed by atoms with Gasteiger partial charge in [-0.2, -0.15) is 5.10 Å². The summed E-state index contributed by atoms with van der Waals surface area (Å²) in [5.74, 6) is 3.59. The summed E-state index contributed by atoms with van der Waals surface area (Å²) in [6, 6.07) is 0. The van der Waals surface area contributed by atoms with Gasteiger partial charge in [0.2, 0.25) is 0 Å². The number of nitrogens with zero attached hydrogens (tertiary/aromatic N) is 2. The number of ether oxygens (including phenoxy) is 2. The molecule has 4 nitrogen and oxygen atoms in total. The largest absolute Gasteiger partial charge is 0.347 e. The molecule has 1 saturated heterocycles. The molecule has 1 aromatic rings. The number of aromatic nitrogens is 2. The maximum atomic E-state index is 6.22. The molecule has 5 heteroatoms. The molecule has 1 aliphatic heterocycles. The predicted molar refractivity (Wildman–Crippen MR) is 110 cm³/mol. The molecular weight excluding hydrogens is 352 g/mol. The van der Waals surface area contributed by atoms with Gasteiger partial charge in [-0.05, 0) is 25.2 Å². The van der Waals surface area contributed by atoms with E-state index in [0.717, 1.165) is 44.6 Å². The van der Waals surface area contributed by atoms with E-state index >= 15 is 0 Å². The Hall–Kier alpha value is -1.09. The molecule has 27 heavy (non-hydrogen) atoms. The standard InChI is InChI=1S/C22H34N2O2Si/c1-20(2)18-9-8-16-17(10-15-27(5,6)7)24(4)23-19(16)21(18,3)11-12-22(20)25-13-14-26-22/h18H,8-9,11-14H2,1-7H3/t18-,21-/m0/s1. The van der Waals surface area contributed by atoms with Crippen molar-refractivity contribution in [3.05, 3.63) is 17.0 Å². The van der Waals surface area contributed by atoms with Crippen molar-refractivity contribution in [2.75, 3.05) is 13.2 Å². The maximum Gasteiger partial charge on any atom is 0.173 e. The Balaban J connectivity index is 1.77. The average molecular weight is 387 g/mol. The van der Waals surface area contributed by atoms with Gasteiger partial charge in [-0.15, -0.1) is 5.54 Å². The van der Waals surface area contributed by atoms with Crippen LogP contribution in [0.1, 0.15) is 57.0 Å². The molecule has 0 unspecified atom stereocenters. The minimum atomic E-state index is -1.42. The van der Waals surface area contributed by atoms with Crippen molar-refractivity contribution in [2.24, 2.45) is 18.4 Å². The first-order chi connectivity index (χ1) is 12.5. The molecule has 4 rings (SSSR count). The number of hydrogen-bond acceptors (Lipinski definition) is 3. The van der Waals surface area contributed by atoms with Gasteiger partial charge in [0, 0.05) is 29.9 Å². The third kappa shape index (κ3) is 2.75. The van der Waals surface area contributed by atoms with Crippen molar-refractivity contribution < 1.29 is 9.47 Å². The van der Waals surface area contributed by atoms with E-state index in [1.807, 2.05) is 4.68 Å². The van der Waals surface area contributed by atoms with Gasteiger partial charge >= 0.3 is 0 Å². The van der Waals surface area contributed by atoms with Gasteiger partial charge in [-0.3, -0.25) is 4.68 Å². The third-order valence-corrected chi connectivity index (χ3v) is 8.15. The lowest BCUT2D eigenvalue weighted by molar-refractivity contribution is -0.276. The van der Waals surface area contributed by atoms with Crippen molar-refractivity contribution in [1.82, 2.24) is 9.78 Å². The van der Waals surface area contributed by atoms with E-state index < -0.39 is 13.9 Å². The van der Waals surface area contributed by atoms with Crippen molar-refractivity contribution in [3.63, 3.8) is 0 Å².